The van der Waals surface area contributed by atoms with Crippen molar-refractivity contribution in [3.8, 4) is 5.75 Å². The number of ether oxygens (including phenoxy) is 1. The summed E-state index contributed by atoms with van der Waals surface area (Å²) in [6.45, 7) is -0.366. The quantitative estimate of drug-likeness (QED) is 0.935. The van der Waals surface area contributed by atoms with Crippen LogP contribution in [0.25, 0.3) is 0 Å². The number of carboxylic acid groups (broad SMARTS) is 1. The molecule has 0 fully saturated rings. The molecule has 0 bridgehead atoms. The van der Waals surface area contributed by atoms with Crippen LogP contribution in [0.1, 0.15) is 15.9 Å². The smallest absolute Gasteiger partial charge is 0.339 e. The molecule has 0 aliphatic heterocycles. The van der Waals surface area contributed by atoms with E-state index in [2.05, 4.69) is 0 Å². The second-order valence-electron chi connectivity index (χ2n) is 3.95. The molecule has 0 saturated heterocycles. The van der Waals surface area contributed by atoms with E-state index in [1.54, 1.807) is 0 Å². The lowest BCUT2D eigenvalue weighted by atomic mass is 10.2. The maximum atomic E-state index is 13.4. The Morgan fingerprint density at radius 3 is 2.60 bits per heavy atom. The summed E-state index contributed by atoms with van der Waals surface area (Å²) in [7, 11) is 0. The van der Waals surface area contributed by atoms with Gasteiger partial charge >= 0.3 is 5.97 Å². The maximum absolute atomic E-state index is 13.4. The molecule has 2 aromatic rings. The molecule has 0 heterocycles. The third-order valence-electron chi connectivity index (χ3n) is 2.59. The van der Waals surface area contributed by atoms with E-state index >= 15 is 0 Å². The minimum absolute atomic E-state index is 0.0642. The van der Waals surface area contributed by atoms with Gasteiger partial charge in [0.05, 0.1) is 0 Å². The first-order valence-corrected chi connectivity index (χ1v) is 5.57. The number of carboxylic acids is 1. The molecule has 0 amide bonds. The van der Waals surface area contributed by atoms with Gasteiger partial charge in [-0.3, -0.25) is 0 Å². The summed E-state index contributed by atoms with van der Waals surface area (Å²) in [6, 6.07) is 6.50. The molecule has 0 aliphatic carbocycles. The topological polar surface area (TPSA) is 46.5 Å². The van der Waals surface area contributed by atoms with Crippen LogP contribution in [0.2, 0.25) is 0 Å². The molecule has 0 unspecified atom stereocenters. The predicted molar refractivity (Wildman–Crippen MR) is 64.0 cm³/mol. The number of halogens is 3. The van der Waals surface area contributed by atoms with Crippen LogP contribution < -0.4 is 4.74 Å². The Morgan fingerprint density at radius 1 is 1.15 bits per heavy atom. The van der Waals surface area contributed by atoms with Gasteiger partial charge in [-0.2, -0.15) is 0 Å². The summed E-state index contributed by atoms with van der Waals surface area (Å²) in [5.74, 6) is -4.32. The molecule has 20 heavy (non-hydrogen) atoms. The Balaban J connectivity index is 2.23. The minimum Gasteiger partial charge on any atom is -0.488 e. The van der Waals surface area contributed by atoms with Crippen molar-refractivity contribution in [3.63, 3.8) is 0 Å². The molecule has 2 aromatic carbocycles. The van der Waals surface area contributed by atoms with Gasteiger partial charge in [-0.15, -0.1) is 0 Å². The van der Waals surface area contributed by atoms with Gasteiger partial charge in [-0.1, -0.05) is 12.1 Å². The highest BCUT2D eigenvalue weighted by Crippen LogP contribution is 2.22. The van der Waals surface area contributed by atoms with E-state index in [0.717, 1.165) is 24.3 Å². The fourth-order valence-corrected chi connectivity index (χ4v) is 1.61. The molecule has 104 valence electrons. The minimum atomic E-state index is -1.38. The SMILES string of the molecule is O=C(O)c1cc(F)ccc1OCc1cccc(F)c1F. The Morgan fingerprint density at radius 2 is 1.90 bits per heavy atom. The number of rotatable bonds is 4. The predicted octanol–water partition coefficient (Wildman–Crippen LogP) is 3.38. The Labute approximate surface area is 112 Å². The standard InChI is InChI=1S/C14H9F3O3/c15-9-4-5-12(10(6-9)14(18)19)20-7-8-2-1-3-11(16)13(8)17/h1-6H,7H2,(H,18,19). The summed E-state index contributed by atoms with van der Waals surface area (Å²) >= 11 is 0. The van der Waals surface area contributed by atoms with Crippen molar-refractivity contribution in [1.82, 2.24) is 0 Å². The molecule has 0 spiro atoms. The van der Waals surface area contributed by atoms with E-state index in [-0.39, 0.29) is 23.5 Å². The third-order valence-corrected chi connectivity index (χ3v) is 2.59. The summed E-state index contributed by atoms with van der Waals surface area (Å²) in [6.07, 6.45) is 0. The van der Waals surface area contributed by atoms with Crippen LogP contribution in [-0.4, -0.2) is 11.1 Å². The van der Waals surface area contributed by atoms with Gasteiger partial charge in [0.1, 0.15) is 23.7 Å². The summed E-state index contributed by atoms with van der Waals surface area (Å²) < 4.78 is 44.5. The van der Waals surface area contributed by atoms with Gasteiger partial charge < -0.3 is 9.84 Å². The molecular weight excluding hydrogens is 273 g/mol. The van der Waals surface area contributed by atoms with E-state index in [1.807, 2.05) is 0 Å². The summed E-state index contributed by atoms with van der Waals surface area (Å²) in [5, 5.41) is 8.91. The lowest BCUT2D eigenvalue weighted by Gasteiger charge is -2.10. The van der Waals surface area contributed by atoms with Crippen molar-refractivity contribution in [1.29, 1.82) is 0 Å². The van der Waals surface area contributed by atoms with Crippen LogP contribution in [-0.2, 0) is 6.61 Å². The van der Waals surface area contributed by atoms with Gasteiger partial charge in [-0.05, 0) is 24.3 Å². The van der Waals surface area contributed by atoms with Gasteiger partial charge in [0.15, 0.2) is 11.6 Å². The van der Waals surface area contributed by atoms with E-state index in [0.29, 0.717) is 0 Å². The largest absolute Gasteiger partial charge is 0.488 e. The van der Waals surface area contributed by atoms with E-state index in [9.17, 15) is 18.0 Å². The highest BCUT2D eigenvalue weighted by molar-refractivity contribution is 5.90. The van der Waals surface area contributed by atoms with Crippen LogP contribution in [0.5, 0.6) is 5.75 Å². The van der Waals surface area contributed by atoms with Crippen molar-refractivity contribution in [3.05, 3.63) is 65.0 Å². The lowest BCUT2D eigenvalue weighted by molar-refractivity contribution is 0.0691. The van der Waals surface area contributed by atoms with Crippen LogP contribution in [0, 0.1) is 17.5 Å². The van der Waals surface area contributed by atoms with Crippen LogP contribution in [0.4, 0.5) is 13.2 Å². The second-order valence-corrected chi connectivity index (χ2v) is 3.95. The van der Waals surface area contributed by atoms with Crippen molar-refractivity contribution in [2.75, 3.05) is 0 Å². The molecule has 0 saturated carbocycles. The first kappa shape index (κ1) is 13.9. The monoisotopic (exact) mass is 282 g/mol. The zero-order valence-corrected chi connectivity index (χ0v) is 10.1. The first-order chi connectivity index (χ1) is 9.49. The number of aromatic carboxylic acids is 1. The zero-order chi connectivity index (χ0) is 14.7. The summed E-state index contributed by atoms with van der Waals surface area (Å²) in [4.78, 5) is 10.9. The Kier molecular flexibility index (Phi) is 3.93. The van der Waals surface area contributed by atoms with Crippen molar-refractivity contribution >= 4 is 5.97 Å². The van der Waals surface area contributed by atoms with Crippen LogP contribution in [0.3, 0.4) is 0 Å². The molecule has 0 radical (unpaired) electrons. The van der Waals surface area contributed by atoms with Gasteiger partial charge in [0.2, 0.25) is 0 Å². The Bertz CT molecular complexity index is 656. The fourth-order valence-electron chi connectivity index (χ4n) is 1.61. The van der Waals surface area contributed by atoms with Crippen molar-refractivity contribution < 1.29 is 27.8 Å². The highest BCUT2D eigenvalue weighted by atomic mass is 19.2. The van der Waals surface area contributed by atoms with Crippen LogP contribution >= 0.6 is 0 Å². The highest BCUT2D eigenvalue weighted by Gasteiger charge is 2.14. The maximum Gasteiger partial charge on any atom is 0.339 e. The third kappa shape index (κ3) is 2.90. The normalized spacial score (nSPS) is 10.3. The molecule has 0 aliphatic rings. The van der Waals surface area contributed by atoms with Gasteiger partial charge in [-0.25, -0.2) is 18.0 Å². The number of hydrogen-bond acceptors (Lipinski definition) is 2. The number of hydrogen-bond donors (Lipinski definition) is 1. The van der Waals surface area contributed by atoms with E-state index < -0.39 is 23.4 Å². The van der Waals surface area contributed by atoms with Crippen molar-refractivity contribution in [2.24, 2.45) is 0 Å². The van der Waals surface area contributed by atoms with Crippen LogP contribution in [0.15, 0.2) is 36.4 Å². The fraction of sp³-hybridized carbons (Fsp3) is 0.0714. The van der Waals surface area contributed by atoms with Gasteiger partial charge in [0, 0.05) is 5.56 Å². The number of carbonyl (C=O) groups is 1. The molecule has 6 heteroatoms. The average molecular weight is 282 g/mol. The van der Waals surface area contributed by atoms with E-state index in [4.69, 9.17) is 9.84 Å². The molecule has 0 atom stereocenters. The number of benzene rings is 2. The van der Waals surface area contributed by atoms with Crippen molar-refractivity contribution in [2.45, 2.75) is 6.61 Å². The summed E-state index contributed by atoms with van der Waals surface area (Å²) in [5.41, 5.74) is -0.451. The molecule has 0 aromatic heterocycles. The molecule has 3 nitrogen and oxygen atoms in total. The van der Waals surface area contributed by atoms with Gasteiger partial charge in [0.25, 0.3) is 0 Å². The zero-order valence-electron chi connectivity index (χ0n) is 10.1. The second kappa shape index (κ2) is 5.64. The molecule has 2 rings (SSSR count). The lowest BCUT2D eigenvalue weighted by Crippen LogP contribution is -2.05. The Hall–Kier alpha value is -2.50. The molecule has 1 N–H and O–H groups in total. The van der Waals surface area contributed by atoms with E-state index in [1.165, 1.54) is 12.1 Å². The molecular formula is C14H9F3O3. The first-order valence-electron chi connectivity index (χ1n) is 5.57. The average Bonchev–Trinajstić information content (AvgIpc) is 2.41.